The van der Waals surface area contributed by atoms with E-state index in [1.54, 1.807) is 7.11 Å². The summed E-state index contributed by atoms with van der Waals surface area (Å²) in [6.45, 7) is 6.30. The van der Waals surface area contributed by atoms with Crippen molar-refractivity contribution in [1.82, 2.24) is 5.32 Å². The van der Waals surface area contributed by atoms with E-state index in [9.17, 15) is 4.79 Å². The number of benzene rings is 2. The van der Waals surface area contributed by atoms with Gasteiger partial charge in [0.2, 0.25) is 5.91 Å². The molecule has 0 spiro atoms. The Morgan fingerprint density at radius 3 is 2.58 bits per heavy atom. The molecule has 2 N–H and O–H groups in total. The summed E-state index contributed by atoms with van der Waals surface area (Å²) in [6, 6.07) is 11.9. The molecule has 0 fully saturated rings. The fourth-order valence-corrected chi connectivity index (χ4v) is 3.02. The van der Waals surface area contributed by atoms with Crippen LogP contribution in [0.1, 0.15) is 29.7 Å². The minimum Gasteiger partial charge on any atom is -0.496 e. The summed E-state index contributed by atoms with van der Waals surface area (Å²) in [6.07, 6.45) is 0. The first kappa shape index (κ1) is 18.5. The zero-order valence-electron chi connectivity index (χ0n) is 14.4. The zero-order valence-corrected chi connectivity index (χ0v) is 16.0. The molecular formula is C19H23BrN2O2. The third kappa shape index (κ3) is 4.82. The number of amides is 1. The van der Waals surface area contributed by atoms with E-state index in [4.69, 9.17) is 4.74 Å². The van der Waals surface area contributed by atoms with Gasteiger partial charge in [0, 0.05) is 11.7 Å². The van der Waals surface area contributed by atoms with E-state index < -0.39 is 0 Å². The highest BCUT2D eigenvalue weighted by Crippen LogP contribution is 2.27. The van der Waals surface area contributed by atoms with Gasteiger partial charge in [0.15, 0.2) is 0 Å². The van der Waals surface area contributed by atoms with Crippen LogP contribution in [0.2, 0.25) is 0 Å². The van der Waals surface area contributed by atoms with Crippen molar-refractivity contribution in [2.45, 2.75) is 26.8 Å². The van der Waals surface area contributed by atoms with Crippen molar-refractivity contribution >= 4 is 27.5 Å². The van der Waals surface area contributed by atoms with Gasteiger partial charge in [-0.2, -0.15) is 0 Å². The molecule has 2 aromatic carbocycles. The Bertz CT molecular complexity index is 731. The number of halogens is 1. The van der Waals surface area contributed by atoms with Crippen LogP contribution < -0.4 is 15.4 Å². The van der Waals surface area contributed by atoms with Crippen molar-refractivity contribution < 1.29 is 9.53 Å². The predicted molar refractivity (Wildman–Crippen MR) is 102 cm³/mol. The standard InChI is InChI=1S/C19H23BrN2O2/c1-12-5-7-17(13(2)9-12)22-19(23)11-21-14(3)15-6-8-18(24-4)16(20)10-15/h5-10,14,21H,11H2,1-4H3,(H,22,23)/t14-/m1/s1. The lowest BCUT2D eigenvalue weighted by Crippen LogP contribution is -2.30. The summed E-state index contributed by atoms with van der Waals surface area (Å²) in [7, 11) is 1.64. The Labute approximate surface area is 151 Å². The van der Waals surface area contributed by atoms with Crippen molar-refractivity contribution in [2.24, 2.45) is 0 Å². The van der Waals surface area contributed by atoms with Gasteiger partial charge >= 0.3 is 0 Å². The van der Waals surface area contributed by atoms with Gasteiger partial charge < -0.3 is 15.4 Å². The summed E-state index contributed by atoms with van der Waals surface area (Å²) in [5.41, 5.74) is 4.19. The number of rotatable bonds is 6. The lowest BCUT2D eigenvalue weighted by molar-refractivity contribution is -0.115. The topological polar surface area (TPSA) is 50.4 Å². The third-order valence-electron chi connectivity index (χ3n) is 3.90. The molecule has 0 aliphatic rings. The first-order valence-corrected chi connectivity index (χ1v) is 8.64. The van der Waals surface area contributed by atoms with Crippen LogP contribution >= 0.6 is 15.9 Å². The average Bonchev–Trinajstić information content (AvgIpc) is 2.55. The van der Waals surface area contributed by atoms with Crippen LogP contribution in [0.3, 0.4) is 0 Å². The molecule has 2 rings (SSSR count). The molecule has 1 atom stereocenters. The number of aryl methyl sites for hydroxylation is 2. The van der Waals surface area contributed by atoms with Gasteiger partial charge in [-0.1, -0.05) is 23.8 Å². The van der Waals surface area contributed by atoms with E-state index in [0.717, 1.165) is 27.0 Å². The maximum absolute atomic E-state index is 12.1. The lowest BCUT2D eigenvalue weighted by Gasteiger charge is -2.16. The van der Waals surface area contributed by atoms with Crippen molar-refractivity contribution in [1.29, 1.82) is 0 Å². The molecule has 0 unspecified atom stereocenters. The Morgan fingerprint density at radius 2 is 1.96 bits per heavy atom. The van der Waals surface area contributed by atoms with E-state index in [2.05, 4.69) is 32.6 Å². The van der Waals surface area contributed by atoms with Crippen LogP contribution in [0.25, 0.3) is 0 Å². The molecule has 0 heterocycles. The normalized spacial score (nSPS) is 11.9. The summed E-state index contributed by atoms with van der Waals surface area (Å²) < 4.78 is 6.13. The molecule has 0 saturated carbocycles. The van der Waals surface area contributed by atoms with Crippen molar-refractivity contribution in [3.63, 3.8) is 0 Å². The second-order valence-corrected chi connectivity index (χ2v) is 6.72. The largest absolute Gasteiger partial charge is 0.496 e. The Morgan fingerprint density at radius 1 is 1.21 bits per heavy atom. The first-order chi connectivity index (χ1) is 11.4. The lowest BCUT2D eigenvalue weighted by atomic mass is 10.1. The maximum atomic E-state index is 12.1. The van der Waals surface area contributed by atoms with Gasteiger partial charge in [-0.3, -0.25) is 4.79 Å². The second-order valence-electron chi connectivity index (χ2n) is 5.86. The summed E-state index contributed by atoms with van der Waals surface area (Å²) in [4.78, 5) is 12.1. The van der Waals surface area contributed by atoms with Crippen LogP contribution in [0.4, 0.5) is 5.69 Å². The molecule has 0 aliphatic heterocycles. The number of ether oxygens (including phenoxy) is 1. The van der Waals surface area contributed by atoms with Gasteiger partial charge in [0.25, 0.3) is 0 Å². The molecule has 24 heavy (non-hydrogen) atoms. The second kappa shape index (κ2) is 8.31. The molecule has 128 valence electrons. The Balaban J connectivity index is 1.92. The minimum atomic E-state index is -0.0543. The average molecular weight is 391 g/mol. The van der Waals surface area contributed by atoms with Gasteiger partial charge in [-0.15, -0.1) is 0 Å². The van der Waals surface area contributed by atoms with E-state index >= 15 is 0 Å². The highest BCUT2D eigenvalue weighted by Gasteiger charge is 2.11. The number of hydrogen-bond acceptors (Lipinski definition) is 3. The zero-order chi connectivity index (χ0) is 17.7. The molecule has 0 aromatic heterocycles. The minimum absolute atomic E-state index is 0.0528. The number of carbonyl (C=O) groups excluding carboxylic acids is 1. The monoisotopic (exact) mass is 390 g/mol. The van der Waals surface area contributed by atoms with E-state index in [1.807, 2.05) is 51.1 Å². The highest BCUT2D eigenvalue weighted by molar-refractivity contribution is 9.10. The fourth-order valence-electron chi connectivity index (χ4n) is 2.46. The molecule has 4 nitrogen and oxygen atoms in total. The molecular weight excluding hydrogens is 368 g/mol. The van der Waals surface area contributed by atoms with Crippen LogP contribution in [0, 0.1) is 13.8 Å². The van der Waals surface area contributed by atoms with Crippen molar-refractivity contribution in [3.05, 3.63) is 57.6 Å². The molecule has 0 radical (unpaired) electrons. The molecule has 0 aliphatic carbocycles. The molecule has 1 amide bonds. The quantitative estimate of drug-likeness (QED) is 0.769. The van der Waals surface area contributed by atoms with E-state index in [1.165, 1.54) is 5.56 Å². The van der Waals surface area contributed by atoms with Crippen LogP contribution in [0.15, 0.2) is 40.9 Å². The number of hydrogen-bond donors (Lipinski definition) is 2. The SMILES string of the molecule is COc1ccc([C@@H](C)NCC(=O)Nc2ccc(C)cc2C)cc1Br. The maximum Gasteiger partial charge on any atom is 0.238 e. The molecule has 5 heteroatoms. The molecule has 0 saturated heterocycles. The van der Waals surface area contributed by atoms with Gasteiger partial charge in [-0.05, 0) is 66.0 Å². The van der Waals surface area contributed by atoms with Crippen LogP contribution in [-0.2, 0) is 4.79 Å². The number of methoxy groups -OCH3 is 1. The summed E-state index contributed by atoms with van der Waals surface area (Å²) >= 11 is 3.48. The van der Waals surface area contributed by atoms with Gasteiger partial charge in [0.1, 0.15) is 5.75 Å². The van der Waals surface area contributed by atoms with Crippen LogP contribution in [0.5, 0.6) is 5.75 Å². The predicted octanol–water partition coefficient (Wildman–Crippen LogP) is 4.36. The number of nitrogens with one attached hydrogen (secondary N) is 2. The summed E-state index contributed by atoms with van der Waals surface area (Å²) in [5.74, 6) is 0.736. The Kier molecular flexibility index (Phi) is 6.40. The van der Waals surface area contributed by atoms with Crippen LogP contribution in [-0.4, -0.2) is 19.6 Å². The Hall–Kier alpha value is -1.85. The van der Waals surface area contributed by atoms with E-state index in [-0.39, 0.29) is 18.5 Å². The third-order valence-corrected chi connectivity index (χ3v) is 4.52. The smallest absolute Gasteiger partial charge is 0.238 e. The van der Waals surface area contributed by atoms with E-state index in [0.29, 0.717) is 0 Å². The van der Waals surface area contributed by atoms with Gasteiger partial charge in [0.05, 0.1) is 18.1 Å². The number of anilines is 1. The van der Waals surface area contributed by atoms with Gasteiger partial charge in [-0.25, -0.2) is 0 Å². The first-order valence-electron chi connectivity index (χ1n) is 7.84. The molecule has 0 bridgehead atoms. The molecule has 2 aromatic rings. The fraction of sp³-hybridized carbons (Fsp3) is 0.316. The summed E-state index contributed by atoms with van der Waals surface area (Å²) in [5, 5.41) is 6.18. The highest BCUT2D eigenvalue weighted by atomic mass is 79.9. The van der Waals surface area contributed by atoms with Crippen molar-refractivity contribution in [2.75, 3.05) is 19.0 Å². The van der Waals surface area contributed by atoms with Crippen molar-refractivity contribution in [3.8, 4) is 5.75 Å². The number of carbonyl (C=O) groups is 1.